The average molecular weight is 414 g/mol. The minimum atomic E-state index is 0.0610. The minimum Gasteiger partial charge on any atom is -0.357 e. The molecule has 1 atom stereocenters. The lowest BCUT2D eigenvalue weighted by Gasteiger charge is -2.22. The summed E-state index contributed by atoms with van der Waals surface area (Å²) < 4.78 is 7.75. The number of aromatic nitrogens is 4. The van der Waals surface area contributed by atoms with Crippen LogP contribution in [0, 0.1) is 0 Å². The van der Waals surface area contributed by atoms with Gasteiger partial charge >= 0.3 is 0 Å². The molecule has 0 amide bonds. The van der Waals surface area contributed by atoms with E-state index in [0.29, 0.717) is 0 Å². The second-order valence-electron chi connectivity index (χ2n) is 6.99. The van der Waals surface area contributed by atoms with Gasteiger partial charge in [-0.05, 0) is 48.6 Å². The summed E-state index contributed by atoms with van der Waals surface area (Å²) in [6, 6.07) is 8.27. The highest BCUT2D eigenvalue weighted by atomic mass is 35.5. The lowest BCUT2D eigenvalue weighted by Crippen LogP contribution is -2.18. The molecule has 0 bridgehead atoms. The molecule has 2 aliphatic rings. The highest BCUT2D eigenvalue weighted by Gasteiger charge is 2.20. The summed E-state index contributed by atoms with van der Waals surface area (Å²) in [5.41, 5.74) is 5.35. The van der Waals surface area contributed by atoms with Crippen molar-refractivity contribution in [3.8, 4) is 11.1 Å². The maximum atomic E-state index is 6.08. The van der Waals surface area contributed by atoms with Gasteiger partial charge in [-0.15, -0.1) is 0 Å². The number of rotatable bonds is 4. The Morgan fingerprint density at radius 2 is 2.00 bits per heavy atom. The highest BCUT2D eigenvalue weighted by Crippen LogP contribution is 2.35. The van der Waals surface area contributed by atoms with Crippen LogP contribution in [0.15, 0.2) is 36.7 Å². The summed E-state index contributed by atoms with van der Waals surface area (Å²) >= 11 is 7.90. The molecule has 0 radical (unpaired) electrons. The zero-order valence-corrected chi connectivity index (χ0v) is 16.8. The largest absolute Gasteiger partial charge is 0.357 e. The maximum Gasteiger partial charge on any atom is 0.224 e. The normalized spacial score (nSPS) is 18.8. The van der Waals surface area contributed by atoms with Crippen molar-refractivity contribution in [3.63, 3.8) is 0 Å². The van der Waals surface area contributed by atoms with Gasteiger partial charge < -0.3 is 10.1 Å². The van der Waals surface area contributed by atoms with Gasteiger partial charge in [-0.1, -0.05) is 12.1 Å². The van der Waals surface area contributed by atoms with E-state index in [9.17, 15) is 0 Å². The van der Waals surface area contributed by atoms with Gasteiger partial charge in [-0.2, -0.15) is 16.9 Å². The second kappa shape index (κ2) is 7.73. The quantitative estimate of drug-likeness (QED) is 0.594. The molecule has 8 heteroatoms. The van der Waals surface area contributed by atoms with Crippen LogP contribution in [0.2, 0.25) is 5.28 Å². The predicted octanol–water partition coefficient (Wildman–Crippen LogP) is 5.18. The maximum absolute atomic E-state index is 6.08. The third-order valence-electron chi connectivity index (χ3n) is 5.08. The molecule has 1 saturated heterocycles. The Balaban J connectivity index is 1.33. The zero-order chi connectivity index (χ0) is 18.9. The fourth-order valence-electron chi connectivity index (χ4n) is 3.58. The summed E-state index contributed by atoms with van der Waals surface area (Å²) in [6.07, 6.45) is 7.37. The van der Waals surface area contributed by atoms with E-state index >= 15 is 0 Å². The van der Waals surface area contributed by atoms with Gasteiger partial charge in [0.25, 0.3) is 0 Å². The van der Waals surface area contributed by atoms with Crippen molar-refractivity contribution in [2.24, 2.45) is 0 Å². The SMILES string of the molecule is Clc1nc2c(c(Nc3ccc(-c4cnn(C5CCCCO5)c4)cc3)n1)CSC2. The van der Waals surface area contributed by atoms with Crippen LogP contribution in [0.4, 0.5) is 11.5 Å². The van der Waals surface area contributed by atoms with E-state index in [0.717, 1.165) is 64.8 Å². The molecular weight excluding hydrogens is 394 g/mol. The molecule has 6 nitrogen and oxygen atoms in total. The van der Waals surface area contributed by atoms with Crippen molar-refractivity contribution >= 4 is 34.9 Å². The van der Waals surface area contributed by atoms with Crippen molar-refractivity contribution in [3.05, 3.63) is 53.2 Å². The first-order valence-electron chi connectivity index (χ1n) is 9.42. The Labute approximate surface area is 172 Å². The molecule has 2 aromatic heterocycles. The molecule has 144 valence electrons. The Morgan fingerprint density at radius 3 is 2.82 bits per heavy atom. The highest BCUT2D eigenvalue weighted by molar-refractivity contribution is 7.98. The number of benzene rings is 1. The molecule has 0 saturated carbocycles. The first kappa shape index (κ1) is 18.0. The number of nitrogens with zero attached hydrogens (tertiary/aromatic N) is 4. The van der Waals surface area contributed by atoms with Crippen LogP contribution in [0.1, 0.15) is 36.7 Å². The van der Waals surface area contributed by atoms with Crippen molar-refractivity contribution in [2.45, 2.75) is 37.0 Å². The van der Waals surface area contributed by atoms with Gasteiger partial charge in [0.05, 0.1) is 11.9 Å². The lowest BCUT2D eigenvalue weighted by molar-refractivity contribution is -0.0394. The Kier molecular flexibility index (Phi) is 4.96. The van der Waals surface area contributed by atoms with E-state index in [1.54, 1.807) is 0 Å². The van der Waals surface area contributed by atoms with Crippen LogP contribution in [-0.2, 0) is 16.2 Å². The monoisotopic (exact) mass is 413 g/mol. The molecule has 2 aliphatic heterocycles. The topological polar surface area (TPSA) is 64.9 Å². The van der Waals surface area contributed by atoms with Crippen LogP contribution < -0.4 is 5.32 Å². The molecule has 5 rings (SSSR count). The van der Waals surface area contributed by atoms with Crippen molar-refractivity contribution in [2.75, 3.05) is 11.9 Å². The summed E-state index contributed by atoms with van der Waals surface area (Å²) in [4.78, 5) is 8.70. The van der Waals surface area contributed by atoms with E-state index in [1.165, 1.54) is 6.42 Å². The third-order valence-corrected chi connectivity index (χ3v) is 6.22. The molecule has 3 aromatic rings. The number of anilines is 2. The first-order chi connectivity index (χ1) is 13.8. The zero-order valence-electron chi connectivity index (χ0n) is 15.3. The van der Waals surface area contributed by atoms with Gasteiger partial charge in [0.15, 0.2) is 0 Å². The number of hydrogen-bond donors (Lipinski definition) is 1. The molecule has 4 heterocycles. The van der Waals surface area contributed by atoms with E-state index < -0.39 is 0 Å². The summed E-state index contributed by atoms with van der Waals surface area (Å²) in [5.74, 6) is 2.60. The standard InChI is InChI=1S/C20H20ClN5OS/c21-20-24-17-12-28-11-16(17)19(25-20)23-15-6-4-13(5-7-15)14-9-22-26(10-14)18-3-1-2-8-27-18/h4-7,9-10,18H,1-3,8,11-12H2,(H,23,24,25). The number of ether oxygens (including phenoxy) is 1. The van der Waals surface area contributed by atoms with E-state index in [2.05, 4.69) is 38.7 Å². The molecule has 1 N–H and O–H groups in total. The minimum absolute atomic E-state index is 0.0610. The smallest absolute Gasteiger partial charge is 0.224 e. The molecule has 28 heavy (non-hydrogen) atoms. The summed E-state index contributed by atoms with van der Waals surface area (Å²) in [6.45, 7) is 0.815. The Morgan fingerprint density at radius 1 is 1.11 bits per heavy atom. The number of hydrogen-bond acceptors (Lipinski definition) is 6. The first-order valence-corrected chi connectivity index (χ1v) is 11.0. The van der Waals surface area contributed by atoms with E-state index in [-0.39, 0.29) is 11.5 Å². The fourth-order valence-corrected chi connectivity index (χ4v) is 4.81. The number of fused-ring (bicyclic) bond motifs is 1. The number of halogens is 1. The van der Waals surface area contributed by atoms with Crippen LogP contribution in [-0.4, -0.2) is 26.4 Å². The van der Waals surface area contributed by atoms with Gasteiger partial charge in [-0.25, -0.2) is 14.6 Å². The van der Waals surface area contributed by atoms with Crippen molar-refractivity contribution in [1.82, 2.24) is 19.7 Å². The molecule has 0 spiro atoms. The second-order valence-corrected chi connectivity index (χ2v) is 8.32. The Bertz CT molecular complexity index is 985. The molecule has 1 unspecified atom stereocenters. The van der Waals surface area contributed by atoms with Gasteiger partial charge in [0.1, 0.15) is 12.0 Å². The fraction of sp³-hybridized carbons (Fsp3) is 0.350. The predicted molar refractivity (Wildman–Crippen MR) is 112 cm³/mol. The van der Waals surface area contributed by atoms with Gasteiger partial charge in [0, 0.05) is 41.1 Å². The van der Waals surface area contributed by atoms with Gasteiger partial charge in [0.2, 0.25) is 5.28 Å². The lowest BCUT2D eigenvalue weighted by atomic mass is 10.1. The van der Waals surface area contributed by atoms with Crippen LogP contribution in [0.25, 0.3) is 11.1 Å². The average Bonchev–Trinajstić information content (AvgIpc) is 3.39. The van der Waals surface area contributed by atoms with Crippen molar-refractivity contribution in [1.29, 1.82) is 0 Å². The van der Waals surface area contributed by atoms with Gasteiger partial charge in [-0.3, -0.25) is 0 Å². The number of nitrogens with one attached hydrogen (secondary N) is 1. The van der Waals surface area contributed by atoms with Crippen LogP contribution >= 0.6 is 23.4 Å². The van der Waals surface area contributed by atoms with Crippen molar-refractivity contribution < 1.29 is 4.74 Å². The van der Waals surface area contributed by atoms with Crippen LogP contribution in [0.3, 0.4) is 0 Å². The molecule has 1 fully saturated rings. The third kappa shape index (κ3) is 3.62. The molecule has 1 aromatic carbocycles. The van der Waals surface area contributed by atoms with E-state index in [4.69, 9.17) is 16.3 Å². The number of thioether (sulfide) groups is 1. The van der Waals surface area contributed by atoms with E-state index in [1.807, 2.05) is 34.8 Å². The Hall–Kier alpha value is -2.09. The van der Waals surface area contributed by atoms with Crippen LogP contribution in [0.5, 0.6) is 0 Å². The summed E-state index contributed by atoms with van der Waals surface area (Å²) in [5, 5.41) is 8.18. The molecule has 0 aliphatic carbocycles. The summed E-state index contributed by atoms with van der Waals surface area (Å²) in [7, 11) is 0. The molecular formula is C20H20ClN5OS.